The zero-order valence-corrected chi connectivity index (χ0v) is 14.5. The van der Waals surface area contributed by atoms with Crippen molar-refractivity contribution >= 4 is 32.0 Å². The Labute approximate surface area is 138 Å². The van der Waals surface area contributed by atoms with Crippen LogP contribution in [0, 0.1) is 6.92 Å². The predicted octanol–water partition coefficient (Wildman–Crippen LogP) is 2.47. The fourth-order valence-corrected chi connectivity index (χ4v) is 4.47. The first-order valence-electron chi connectivity index (χ1n) is 6.96. The summed E-state index contributed by atoms with van der Waals surface area (Å²) in [6, 6.07) is 6.73. The third kappa shape index (κ3) is 2.89. The van der Waals surface area contributed by atoms with Gasteiger partial charge in [0.05, 0.1) is 18.5 Å². The molecule has 1 N–H and O–H groups in total. The lowest BCUT2D eigenvalue weighted by Crippen LogP contribution is -2.16. The molecule has 122 valence electrons. The molecule has 0 amide bonds. The van der Waals surface area contributed by atoms with Crippen LogP contribution < -0.4 is 9.46 Å². The van der Waals surface area contributed by atoms with Crippen molar-refractivity contribution in [2.45, 2.75) is 25.3 Å². The number of nitrogens with zero attached hydrogens (tertiary/aromatic N) is 3. The highest BCUT2D eigenvalue weighted by molar-refractivity contribution is 7.92. The fourth-order valence-electron chi connectivity index (χ4n) is 2.21. The van der Waals surface area contributed by atoms with E-state index in [-0.39, 0.29) is 5.03 Å². The molecule has 0 bridgehead atoms. The summed E-state index contributed by atoms with van der Waals surface area (Å²) >= 11 is 1.39. The summed E-state index contributed by atoms with van der Waals surface area (Å²) in [5.41, 5.74) is 0.839. The smallest absolute Gasteiger partial charge is 0.281 e. The summed E-state index contributed by atoms with van der Waals surface area (Å²) in [7, 11) is -2.28. The van der Waals surface area contributed by atoms with Crippen LogP contribution in [0.1, 0.15) is 17.6 Å². The Morgan fingerprint density at radius 2 is 2.17 bits per heavy atom. The van der Waals surface area contributed by atoms with Crippen LogP contribution in [0.3, 0.4) is 0 Å². The average Bonchev–Trinajstić information content (AvgIpc) is 3.02. The first kappa shape index (κ1) is 15.8. The Balaban J connectivity index is 2.05. The molecule has 7 nitrogen and oxygen atoms in total. The molecular weight excluding hydrogens is 336 g/mol. The molecule has 23 heavy (non-hydrogen) atoms. The van der Waals surface area contributed by atoms with Crippen molar-refractivity contribution < 1.29 is 13.2 Å². The van der Waals surface area contributed by atoms with E-state index in [0.717, 1.165) is 11.4 Å². The number of hydrogen-bond donors (Lipinski definition) is 1. The number of imidazole rings is 1. The van der Waals surface area contributed by atoms with Gasteiger partial charge in [-0.25, -0.2) is 4.98 Å². The number of aromatic nitrogens is 3. The van der Waals surface area contributed by atoms with E-state index in [4.69, 9.17) is 4.74 Å². The Hall–Kier alpha value is -2.13. The Kier molecular flexibility index (Phi) is 3.99. The number of sulfonamides is 1. The van der Waals surface area contributed by atoms with Gasteiger partial charge >= 0.3 is 0 Å². The van der Waals surface area contributed by atoms with Crippen LogP contribution in [0.5, 0.6) is 5.75 Å². The minimum Gasteiger partial charge on any atom is -0.497 e. The van der Waals surface area contributed by atoms with Crippen molar-refractivity contribution in [3.05, 3.63) is 35.0 Å². The average molecular weight is 352 g/mol. The van der Waals surface area contributed by atoms with E-state index in [9.17, 15) is 8.42 Å². The van der Waals surface area contributed by atoms with Crippen molar-refractivity contribution in [2.75, 3.05) is 11.8 Å². The minimum absolute atomic E-state index is 0.0614. The molecular formula is C14H16N4O3S2. The zero-order valence-electron chi connectivity index (χ0n) is 12.9. The van der Waals surface area contributed by atoms with Crippen molar-refractivity contribution in [1.82, 2.24) is 14.6 Å². The molecule has 0 unspecified atom stereocenters. The van der Waals surface area contributed by atoms with Gasteiger partial charge in [0.2, 0.25) is 9.99 Å². The predicted molar refractivity (Wildman–Crippen MR) is 88.8 cm³/mol. The van der Waals surface area contributed by atoms with E-state index in [2.05, 4.69) is 14.8 Å². The van der Waals surface area contributed by atoms with Crippen molar-refractivity contribution in [1.29, 1.82) is 0 Å². The van der Waals surface area contributed by atoms with E-state index in [1.54, 1.807) is 31.2 Å². The first-order valence-corrected chi connectivity index (χ1v) is 9.26. The van der Waals surface area contributed by atoms with Gasteiger partial charge in [-0.05, 0) is 25.5 Å². The molecule has 0 aliphatic carbocycles. The summed E-state index contributed by atoms with van der Waals surface area (Å²) in [5, 5.41) is 5.22. The second-order valence-electron chi connectivity index (χ2n) is 4.88. The lowest BCUT2D eigenvalue weighted by Gasteiger charge is -2.08. The Morgan fingerprint density at radius 3 is 2.87 bits per heavy atom. The van der Waals surface area contributed by atoms with Gasteiger partial charge < -0.3 is 4.74 Å². The van der Waals surface area contributed by atoms with E-state index in [0.29, 0.717) is 22.1 Å². The fraction of sp³-hybridized carbons (Fsp3) is 0.286. The van der Waals surface area contributed by atoms with Crippen LogP contribution in [0.2, 0.25) is 0 Å². The van der Waals surface area contributed by atoms with E-state index < -0.39 is 10.0 Å². The molecule has 0 aliphatic heterocycles. The molecule has 0 radical (unpaired) electrons. The maximum Gasteiger partial charge on any atom is 0.281 e. The molecule has 0 aliphatic rings. The molecule has 9 heteroatoms. The van der Waals surface area contributed by atoms with Crippen LogP contribution >= 0.6 is 11.3 Å². The normalized spacial score (nSPS) is 11.8. The number of nitrogens with one attached hydrogen (secondary N) is 1. The van der Waals surface area contributed by atoms with E-state index in [1.165, 1.54) is 23.0 Å². The first-order chi connectivity index (χ1) is 10.9. The van der Waals surface area contributed by atoms with Gasteiger partial charge in [-0.1, -0.05) is 24.3 Å². The van der Waals surface area contributed by atoms with Gasteiger partial charge in [0.15, 0.2) is 0 Å². The molecule has 0 spiro atoms. The largest absolute Gasteiger partial charge is 0.497 e. The molecule has 1 aromatic carbocycles. The standard InChI is InChI=1S/C14H16N4O3S2/c1-4-12-16-18-13(9(2)15-14(18)22-12)23(19,20)17-10-6-5-7-11(8-10)21-3/h5-8,17H,4H2,1-3H3. The van der Waals surface area contributed by atoms with Crippen LogP contribution in [-0.2, 0) is 16.4 Å². The Bertz CT molecular complexity index is 960. The topological polar surface area (TPSA) is 85.6 Å². The SMILES string of the molecule is CCc1nn2c(S(=O)(=O)Nc3cccc(OC)c3)c(C)nc2s1. The molecule has 2 aromatic heterocycles. The van der Waals surface area contributed by atoms with E-state index >= 15 is 0 Å². The molecule has 3 rings (SSSR count). The maximum absolute atomic E-state index is 12.7. The van der Waals surface area contributed by atoms with Crippen LogP contribution in [-0.4, -0.2) is 30.1 Å². The van der Waals surface area contributed by atoms with Gasteiger partial charge in [-0.2, -0.15) is 18.0 Å². The second-order valence-corrected chi connectivity index (χ2v) is 7.52. The number of benzene rings is 1. The molecule has 2 heterocycles. The summed E-state index contributed by atoms with van der Waals surface area (Å²) in [5.74, 6) is 0.572. The van der Waals surface area contributed by atoms with Crippen molar-refractivity contribution in [2.24, 2.45) is 0 Å². The summed E-state index contributed by atoms with van der Waals surface area (Å²) in [4.78, 5) is 4.87. The lowest BCUT2D eigenvalue weighted by molar-refractivity contribution is 0.415. The molecule has 0 atom stereocenters. The summed E-state index contributed by atoms with van der Waals surface area (Å²) in [6.07, 6.45) is 0.732. The third-order valence-electron chi connectivity index (χ3n) is 3.25. The second kappa shape index (κ2) is 5.82. The van der Waals surface area contributed by atoms with Gasteiger partial charge in [-0.15, -0.1) is 0 Å². The number of fused-ring (bicyclic) bond motifs is 1. The van der Waals surface area contributed by atoms with Gasteiger partial charge in [-0.3, -0.25) is 4.72 Å². The number of rotatable bonds is 5. The quantitative estimate of drug-likeness (QED) is 0.762. The van der Waals surface area contributed by atoms with Gasteiger partial charge in [0.1, 0.15) is 10.8 Å². The van der Waals surface area contributed by atoms with Crippen LogP contribution in [0.15, 0.2) is 29.3 Å². The minimum atomic E-state index is -3.81. The summed E-state index contributed by atoms with van der Waals surface area (Å²) < 4.78 is 34.5. The molecule has 0 saturated carbocycles. The number of anilines is 1. The number of ether oxygens (including phenoxy) is 1. The van der Waals surface area contributed by atoms with Crippen LogP contribution in [0.25, 0.3) is 4.96 Å². The summed E-state index contributed by atoms with van der Waals surface area (Å²) in [6.45, 7) is 3.63. The van der Waals surface area contributed by atoms with Crippen LogP contribution in [0.4, 0.5) is 5.69 Å². The molecule has 3 aromatic rings. The van der Waals surface area contributed by atoms with E-state index in [1.807, 2.05) is 6.92 Å². The number of hydrogen-bond acceptors (Lipinski definition) is 6. The Morgan fingerprint density at radius 1 is 1.39 bits per heavy atom. The monoisotopic (exact) mass is 352 g/mol. The lowest BCUT2D eigenvalue weighted by atomic mass is 10.3. The molecule has 0 saturated heterocycles. The maximum atomic E-state index is 12.7. The molecule has 0 fully saturated rings. The third-order valence-corrected chi connectivity index (χ3v) is 5.78. The van der Waals surface area contributed by atoms with Crippen molar-refractivity contribution in [3.8, 4) is 5.75 Å². The highest BCUT2D eigenvalue weighted by Crippen LogP contribution is 2.25. The number of aryl methyl sites for hydroxylation is 2. The van der Waals surface area contributed by atoms with Crippen molar-refractivity contribution in [3.63, 3.8) is 0 Å². The highest BCUT2D eigenvalue weighted by Gasteiger charge is 2.25. The zero-order chi connectivity index (χ0) is 16.6. The highest BCUT2D eigenvalue weighted by atomic mass is 32.2. The number of methoxy groups -OCH3 is 1. The van der Waals surface area contributed by atoms with Gasteiger partial charge in [0, 0.05) is 6.07 Å². The van der Waals surface area contributed by atoms with Gasteiger partial charge in [0.25, 0.3) is 10.0 Å².